The molecule has 0 aromatic rings. The molecule has 7 nitrogen and oxygen atoms in total. The Morgan fingerprint density at radius 1 is 1.05 bits per heavy atom. The van der Waals surface area contributed by atoms with Crippen LogP contribution in [0.1, 0.15) is 32.1 Å². The molecular formula is C13H20N2O5. The van der Waals surface area contributed by atoms with Crippen molar-refractivity contribution in [2.45, 2.75) is 38.1 Å². The van der Waals surface area contributed by atoms with E-state index in [1.54, 1.807) is 0 Å². The predicted octanol–water partition coefficient (Wildman–Crippen LogP) is 0.650. The molecule has 112 valence electrons. The summed E-state index contributed by atoms with van der Waals surface area (Å²) >= 11 is 0. The maximum Gasteiger partial charge on any atom is 0.326 e. The molecule has 0 bridgehead atoms. The third kappa shape index (κ3) is 4.40. The monoisotopic (exact) mass is 284 g/mol. The van der Waals surface area contributed by atoms with Gasteiger partial charge >= 0.3 is 18.0 Å². The van der Waals surface area contributed by atoms with Gasteiger partial charge in [0.2, 0.25) is 0 Å². The highest BCUT2D eigenvalue weighted by atomic mass is 16.4. The Morgan fingerprint density at radius 3 is 2.00 bits per heavy atom. The van der Waals surface area contributed by atoms with Gasteiger partial charge in [0.15, 0.2) is 0 Å². The number of rotatable bonds is 8. The maximum absolute atomic E-state index is 11.7. The molecule has 2 rings (SSSR count). The van der Waals surface area contributed by atoms with Crippen LogP contribution in [0.4, 0.5) is 4.79 Å². The molecule has 2 fully saturated rings. The van der Waals surface area contributed by atoms with Crippen molar-refractivity contribution < 1.29 is 24.6 Å². The number of carbonyl (C=O) groups excluding carboxylic acids is 1. The summed E-state index contributed by atoms with van der Waals surface area (Å²) in [6.07, 6.45) is 4.21. The van der Waals surface area contributed by atoms with Crippen molar-refractivity contribution in [3.05, 3.63) is 0 Å². The summed E-state index contributed by atoms with van der Waals surface area (Å²) in [6.45, 7) is 0.542. The Hall–Kier alpha value is -1.79. The first-order valence-corrected chi connectivity index (χ1v) is 6.96. The fourth-order valence-corrected chi connectivity index (χ4v) is 2.56. The van der Waals surface area contributed by atoms with Gasteiger partial charge < -0.3 is 20.8 Å². The van der Waals surface area contributed by atoms with E-state index in [-0.39, 0.29) is 0 Å². The summed E-state index contributed by atoms with van der Waals surface area (Å²) in [6, 6.07) is -2.00. The second-order valence-electron chi connectivity index (χ2n) is 5.68. The molecular weight excluding hydrogens is 264 g/mol. The number of amides is 2. The molecule has 2 aliphatic carbocycles. The van der Waals surface area contributed by atoms with Crippen LogP contribution in [0.5, 0.6) is 0 Å². The van der Waals surface area contributed by atoms with Crippen molar-refractivity contribution in [1.29, 1.82) is 0 Å². The summed E-state index contributed by atoms with van der Waals surface area (Å²) < 4.78 is 0. The summed E-state index contributed by atoms with van der Waals surface area (Å²) in [4.78, 5) is 33.0. The van der Waals surface area contributed by atoms with E-state index in [1.807, 2.05) is 0 Å². The Morgan fingerprint density at radius 2 is 1.60 bits per heavy atom. The number of carboxylic acid groups (broad SMARTS) is 2. The average molecular weight is 284 g/mol. The third-order valence-corrected chi connectivity index (χ3v) is 3.94. The van der Waals surface area contributed by atoms with Crippen LogP contribution in [0.3, 0.4) is 0 Å². The van der Waals surface area contributed by atoms with Gasteiger partial charge in [0, 0.05) is 6.54 Å². The summed E-state index contributed by atoms with van der Waals surface area (Å²) in [5.74, 6) is -0.729. The number of nitrogens with one attached hydrogen (secondary N) is 2. The van der Waals surface area contributed by atoms with Crippen LogP contribution in [0.2, 0.25) is 0 Å². The molecule has 2 aliphatic rings. The quantitative estimate of drug-likeness (QED) is 0.522. The van der Waals surface area contributed by atoms with Crippen LogP contribution in [-0.4, -0.2) is 40.8 Å². The van der Waals surface area contributed by atoms with Crippen molar-refractivity contribution in [1.82, 2.24) is 10.6 Å². The van der Waals surface area contributed by atoms with E-state index >= 15 is 0 Å². The Bertz CT molecular complexity index is 392. The first kappa shape index (κ1) is 14.6. The van der Waals surface area contributed by atoms with Gasteiger partial charge in [-0.2, -0.15) is 0 Å². The number of hydrogen-bond donors (Lipinski definition) is 4. The first-order valence-electron chi connectivity index (χ1n) is 6.96. The van der Waals surface area contributed by atoms with Crippen LogP contribution >= 0.6 is 0 Å². The normalized spacial score (nSPS) is 19.4. The van der Waals surface area contributed by atoms with Gasteiger partial charge in [-0.05, 0) is 43.4 Å². The molecule has 7 heteroatoms. The first-order chi connectivity index (χ1) is 9.47. The van der Waals surface area contributed by atoms with Crippen molar-refractivity contribution in [2.75, 3.05) is 6.54 Å². The van der Waals surface area contributed by atoms with Gasteiger partial charge in [-0.1, -0.05) is 0 Å². The van der Waals surface area contributed by atoms with E-state index in [0.717, 1.165) is 0 Å². The second-order valence-corrected chi connectivity index (χ2v) is 5.68. The van der Waals surface area contributed by atoms with Crippen LogP contribution in [0, 0.1) is 17.8 Å². The van der Waals surface area contributed by atoms with Gasteiger partial charge in [0.1, 0.15) is 6.04 Å². The molecule has 20 heavy (non-hydrogen) atoms. The predicted molar refractivity (Wildman–Crippen MR) is 69.1 cm³/mol. The number of carbonyl (C=O) groups is 3. The zero-order valence-electron chi connectivity index (χ0n) is 11.2. The van der Waals surface area contributed by atoms with Gasteiger partial charge in [0.25, 0.3) is 0 Å². The summed E-state index contributed by atoms with van der Waals surface area (Å²) in [5, 5.41) is 22.3. The van der Waals surface area contributed by atoms with Crippen molar-refractivity contribution in [2.24, 2.45) is 17.8 Å². The van der Waals surface area contributed by atoms with Crippen LogP contribution < -0.4 is 10.6 Å². The molecule has 0 saturated heterocycles. The molecule has 1 atom stereocenters. The molecule has 0 aliphatic heterocycles. The lowest BCUT2D eigenvalue weighted by Crippen LogP contribution is -2.48. The molecule has 0 radical (unpaired) electrons. The van der Waals surface area contributed by atoms with Gasteiger partial charge in [-0.25, -0.2) is 9.59 Å². The minimum absolute atomic E-state index is 0.489. The average Bonchev–Trinajstić information content (AvgIpc) is 3.22. The van der Waals surface area contributed by atoms with Crippen molar-refractivity contribution >= 4 is 18.0 Å². The SMILES string of the molecule is O=C(O)C[C@@H](NC(=O)NCC(C1CC1)C1CC1)C(=O)O. The minimum atomic E-state index is -1.40. The van der Waals surface area contributed by atoms with E-state index in [0.29, 0.717) is 24.3 Å². The molecule has 0 heterocycles. The molecule has 0 unspecified atom stereocenters. The van der Waals surface area contributed by atoms with Crippen LogP contribution in [0.25, 0.3) is 0 Å². The van der Waals surface area contributed by atoms with E-state index in [4.69, 9.17) is 10.2 Å². The highest BCUT2D eigenvalue weighted by Gasteiger charge is 2.41. The molecule has 0 aromatic carbocycles. The summed E-state index contributed by atoms with van der Waals surface area (Å²) in [5.41, 5.74) is 0. The second kappa shape index (κ2) is 6.11. The standard InChI is InChI=1S/C13H20N2O5/c16-11(17)5-10(12(18)19)15-13(20)14-6-9(7-1-2-7)8-3-4-8/h7-10H,1-6H2,(H,16,17)(H,18,19)(H2,14,15,20)/t10-/m1/s1. The number of hydrogen-bond acceptors (Lipinski definition) is 3. The van der Waals surface area contributed by atoms with Gasteiger partial charge in [0.05, 0.1) is 6.42 Å². The lowest BCUT2D eigenvalue weighted by molar-refractivity contribution is -0.145. The lowest BCUT2D eigenvalue weighted by atomic mass is 9.98. The topological polar surface area (TPSA) is 116 Å². The largest absolute Gasteiger partial charge is 0.481 e. The molecule has 0 spiro atoms. The van der Waals surface area contributed by atoms with E-state index < -0.39 is 30.4 Å². The van der Waals surface area contributed by atoms with Gasteiger partial charge in [-0.3, -0.25) is 4.79 Å². The highest BCUT2D eigenvalue weighted by molar-refractivity contribution is 5.86. The summed E-state index contributed by atoms with van der Waals surface area (Å²) in [7, 11) is 0. The molecule has 0 aromatic heterocycles. The Labute approximate surface area is 116 Å². The number of aliphatic carboxylic acids is 2. The van der Waals surface area contributed by atoms with E-state index in [2.05, 4.69) is 10.6 Å². The smallest absolute Gasteiger partial charge is 0.326 e. The van der Waals surface area contributed by atoms with Crippen molar-refractivity contribution in [3.63, 3.8) is 0 Å². The highest BCUT2D eigenvalue weighted by Crippen LogP contribution is 2.48. The van der Waals surface area contributed by atoms with E-state index in [9.17, 15) is 14.4 Å². The minimum Gasteiger partial charge on any atom is -0.481 e. The maximum atomic E-state index is 11.7. The third-order valence-electron chi connectivity index (χ3n) is 3.94. The van der Waals surface area contributed by atoms with Crippen molar-refractivity contribution in [3.8, 4) is 0 Å². The fourth-order valence-electron chi connectivity index (χ4n) is 2.56. The van der Waals surface area contributed by atoms with E-state index in [1.165, 1.54) is 25.7 Å². The van der Waals surface area contributed by atoms with Gasteiger partial charge in [-0.15, -0.1) is 0 Å². The van der Waals surface area contributed by atoms with Crippen LogP contribution in [0.15, 0.2) is 0 Å². The number of carboxylic acids is 2. The zero-order chi connectivity index (χ0) is 14.7. The fraction of sp³-hybridized carbons (Fsp3) is 0.769. The Balaban J connectivity index is 1.75. The molecule has 4 N–H and O–H groups in total. The van der Waals surface area contributed by atoms with Crippen LogP contribution in [-0.2, 0) is 9.59 Å². The Kier molecular flexibility index (Phi) is 4.46. The lowest BCUT2D eigenvalue weighted by Gasteiger charge is -2.18. The molecule has 2 amide bonds. The zero-order valence-corrected chi connectivity index (χ0v) is 11.2. The number of urea groups is 1. The molecule has 2 saturated carbocycles.